The highest BCUT2D eigenvalue weighted by atomic mass is 32.2. The summed E-state index contributed by atoms with van der Waals surface area (Å²) in [7, 11) is -2.65. The van der Waals surface area contributed by atoms with Crippen molar-refractivity contribution in [3.05, 3.63) is 64.2 Å². The zero-order valence-corrected chi connectivity index (χ0v) is 19.0. The molecule has 0 radical (unpaired) electrons. The lowest BCUT2D eigenvalue weighted by atomic mass is 10.0. The van der Waals surface area contributed by atoms with Gasteiger partial charge < -0.3 is 10.1 Å². The lowest BCUT2D eigenvalue weighted by Crippen LogP contribution is -2.52. The Morgan fingerprint density at radius 2 is 1.79 bits per heavy atom. The van der Waals surface area contributed by atoms with Gasteiger partial charge in [-0.3, -0.25) is 19.8 Å². The molecule has 0 bridgehead atoms. The topological polar surface area (TPSA) is 122 Å². The third-order valence-electron chi connectivity index (χ3n) is 5.91. The van der Waals surface area contributed by atoms with Gasteiger partial charge in [-0.25, -0.2) is 8.42 Å². The minimum atomic E-state index is -3.94. The SMILES string of the molecule is COc1ccc(S(=O)(=O)N2CCN(C(C(=O)NC3CC3)c3ccccc3)CC2)cc1[N+](=O)[O-]. The average Bonchev–Trinajstić information content (AvgIpc) is 3.63. The fourth-order valence-electron chi connectivity index (χ4n) is 4.00. The van der Waals surface area contributed by atoms with Crippen molar-refractivity contribution in [3.63, 3.8) is 0 Å². The molecule has 2 aromatic rings. The normalized spacial score (nSPS) is 18.5. The molecule has 1 aliphatic heterocycles. The van der Waals surface area contributed by atoms with Gasteiger partial charge in [0.1, 0.15) is 6.04 Å². The van der Waals surface area contributed by atoms with Crippen LogP contribution in [0.25, 0.3) is 0 Å². The van der Waals surface area contributed by atoms with Gasteiger partial charge in [0.25, 0.3) is 0 Å². The number of carbonyl (C=O) groups is 1. The molecular formula is C22H26N4O6S. The molecule has 1 N–H and O–H groups in total. The van der Waals surface area contributed by atoms with Gasteiger partial charge in [0, 0.05) is 38.3 Å². The third-order valence-corrected chi connectivity index (χ3v) is 7.81. The minimum Gasteiger partial charge on any atom is -0.490 e. The number of amides is 1. The molecule has 1 saturated carbocycles. The fraction of sp³-hybridized carbons (Fsp3) is 0.409. The first-order valence-corrected chi connectivity index (χ1v) is 12.2. The summed E-state index contributed by atoms with van der Waals surface area (Å²) in [6, 6.07) is 12.8. The van der Waals surface area contributed by atoms with Crippen LogP contribution in [0.4, 0.5) is 5.69 Å². The van der Waals surface area contributed by atoms with E-state index in [1.165, 1.54) is 23.5 Å². The first-order valence-electron chi connectivity index (χ1n) is 10.7. The van der Waals surface area contributed by atoms with E-state index in [4.69, 9.17) is 4.74 Å². The van der Waals surface area contributed by atoms with Crippen LogP contribution in [0.3, 0.4) is 0 Å². The second-order valence-corrected chi connectivity index (χ2v) is 10.1. The van der Waals surface area contributed by atoms with Gasteiger partial charge in [0.15, 0.2) is 5.75 Å². The Balaban J connectivity index is 1.51. The molecule has 33 heavy (non-hydrogen) atoms. The van der Waals surface area contributed by atoms with Gasteiger partial charge in [0.05, 0.1) is 16.9 Å². The van der Waals surface area contributed by atoms with Crippen LogP contribution < -0.4 is 10.1 Å². The quantitative estimate of drug-likeness (QED) is 0.458. The number of sulfonamides is 1. The number of piperazine rings is 1. The molecule has 1 amide bonds. The van der Waals surface area contributed by atoms with Crippen molar-refractivity contribution in [1.82, 2.24) is 14.5 Å². The van der Waals surface area contributed by atoms with E-state index in [0.717, 1.165) is 24.5 Å². The molecule has 176 valence electrons. The molecule has 4 rings (SSSR count). The number of methoxy groups -OCH3 is 1. The Bertz CT molecular complexity index is 1130. The highest BCUT2D eigenvalue weighted by Gasteiger charge is 2.36. The number of hydrogen-bond donors (Lipinski definition) is 1. The van der Waals surface area contributed by atoms with Crippen LogP contribution in [-0.4, -0.2) is 67.8 Å². The van der Waals surface area contributed by atoms with E-state index in [0.29, 0.717) is 13.1 Å². The largest absolute Gasteiger partial charge is 0.490 e. The molecule has 2 aliphatic rings. The first kappa shape index (κ1) is 23.1. The Labute approximate surface area is 192 Å². The lowest BCUT2D eigenvalue weighted by Gasteiger charge is -2.38. The van der Waals surface area contributed by atoms with Crippen LogP contribution in [0.15, 0.2) is 53.4 Å². The number of nitro benzene ring substituents is 1. The molecule has 1 saturated heterocycles. The summed E-state index contributed by atoms with van der Waals surface area (Å²) in [6.07, 6.45) is 1.96. The van der Waals surface area contributed by atoms with E-state index < -0.39 is 26.7 Å². The number of rotatable bonds is 8. The highest BCUT2D eigenvalue weighted by molar-refractivity contribution is 7.89. The maximum Gasteiger partial charge on any atom is 0.312 e. The van der Waals surface area contributed by atoms with Crippen LogP contribution in [0.1, 0.15) is 24.4 Å². The van der Waals surface area contributed by atoms with Crippen molar-refractivity contribution in [1.29, 1.82) is 0 Å². The molecule has 1 aliphatic carbocycles. The number of hydrogen-bond acceptors (Lipinski definition) is 7. The van der Waals surface area contributed by atoms with Crippen molar-refractivity contribution in [3.8, 4) is 5.75 Å². The Kier molecular flexibility index (Phi) is 6.63. The van der Waals surface area contributed by atoms with Crippen LogP contribution in [0.2, 0.25) is 0 Å². The van der Waals surface area contributed by atoms with Crippen molar-refractivity contribution in [2.24, 2.45) is 0 Å². The third kappa shape index (κ3) is 5.00. The minimum absolute atomic E-state index is 0.00357. The molecule has 10 nitrogen and oxygen atoms in total. The summed E-state index contributed by atoms with van der Waals surface area (Å²) in [5.74, 6) is -0.0815. The van der Waals surface area contributed by atoms with Crippen molar-refractivity contribution in [2.75, 3.05) is 33.3 Å². The number of carbonyl (C=O) groups excluding carboxylic acids is 1. The van der Waals surface area contributed by atoms with E-state index in [2.05, 4.69) is 5.32 Å². The summed E-state index contributed by atoms with van der Waals surface area (Å²) >= 11 is 0. The van der Waals surface area contributed by atoms with Crippen LogP contribution in [0, 0.1) is 10.1 Å². The van der Waals surface area contributed by atoms with Gasteiger partial charge in [-0.1, -0.05) is 30.3 Å². The van der Waals surface area contributed by atoms with Crippen molar-refractivity contribution >= 4 is 21.6 Å². The Hall–Kier alpha value is -3.02. The molecule has 0 aromatic heterocycles. The molecule has 11 heteroatoms. The number of nitrogens with one attached hydrogen (secondary N) is 1. The summed E-state index contributed by atoms with van der Waals surface area (Å²) < 4.78 is 32.6. The van der Waals surface area contributed by atoms with Crippen molar-refractivity contribution in [2.45, 2.75) is 29.8 Å². The highest BCUT2D eigenvalue weighted by Crippen LogP contribution is 2.32. The monoisotopic (exact) mass is 474 g/mol. The van der Waals surface area contributed by atoms with E-state index in [9.17, 15) is 23.3 Å². The van der Waals surface area contributed by atoms with Gasteiger partial charge >= 0.3 is 5.69 Å². The molecule has 1 unspecified atom stereocenters. The van der Waals surface area contributed by atoms with Crippen LogP contribution >= 0.6 is 0 Å². The smallest absolute Gasteiger partial charge is 0.312 e. The summed E-state index contributed by atoms with van der Waals surface area (Å²) in [5.41, 5.74) is 0.454. The zero-order chi connectivity index (χ0) is 23.6. The van der Waals surface area contributed by atoms with E-state index >= 15 is 0 Å². The predicted molar refractivity (Wildman–Crippen MR) is 120 cm³/mol. The summed E-state index contributed by atoms with van der Waals surface area (Å²) in [4.78, 5) is 25.5. The van der Waals surface area contributed by atoms with Gasteiger partial charge in [-0.15, -0.1) is 0 Å². The number of benzene rings is 2. The van der Waals surface area contributed by atoms with E-state index in [1.54, 1.807) is 0 Å². The second-order valence-electron chi connectivity index (χ2n) is 8.13. The van der Waals surface area contributed by atoms with Crippen molar-refractivity contribution < 1.29 is 22.9 Å². The fourth-order valence-corrected chi connectivity index (χ4v) is 5.44. The van der Waals surface area contributed by atoms with E-state index in [-0.39, 0.29) is 35.7 Å². The standard InChI is InChI=1S/C22H26N4O6S/c1-32-20-10-9-18(15-19(20)26(28)29)33(30,31)25-13-11-24(12-14-25)21(16-5-3-2-4-6-16)22(27)23-17-7-8-17/h2-6,9-10,15,17,21H,7-8,11-14H2,1H3,(H,23,27). The summed E-state index contributed by atoms with van der Waals surface area (Å²) in [5, 5.41) is 14.4. The molecule has 2 fully saturated rings. The summed E-state index contributed by atoms with van der Waals surface area (Å²) in [6.45, 7) is 1.05. The molecule has 1 atom stereocenters. The zero-order valence-electron chi connectivity index (χ0n) is 18.2. The number of nitrogens with zero attached hydrogens (tertiary/aromatic N) is 3. The molecule has 2 aromatic carbocycles. The lowest BCUT2D eigenvalue weighted by molar-refractivity contribution is -0.386. The average molecular weight is 475 g/mol. The van der Waals surface area contributed by atoms with Crippen LogP contribution in [0.5, 0.6) is 5.75 Å². The predicted octanol–water partition coefficient (Wildman–Crippen LogP) is 1.93. The first-order chi connectivity index (χ1) is 15.8. The molecule has 1 heterocycles. The number of nitro groups is 1. The Morgan fingerprint density at radius 3 is 2.36 bits per heavy atom. The van der Waals surface area contributed by atoms with Crippen LogP contribution in [-0.2, 0) is 14.8 Å². The van der Waals surface area contributed by atoms with Gasteiger partial charge in [0.2, 0.25) is 15.9 Å². The maximum atomic E-state index is 13.2. The van der Waals surface area contributed by atoms with E-state index in [1.807, 2.05) is 35.2 Å². The molecule has 0 spiro atoms. The number of ether oxygens (including phenoxy) is 1. The maximum absolute atomic E-state index is 13.2. The second kappa shape index (κ2) is 9.46. The van der Waals surface area contributed by atoms with Gasteiger partial charge in [-0.05, 0) is 30.5 Å². The Morgan fingerprint density at radius 1 is 1.12 bits per heavy atom. The molecular weight excluding hydrogens is 448 g/mol. The van der Waals surface area contributed by atoms with Gasteiger partial charge in [-0.2, -0.15) is 4.31 Å².